The molecule has 2 nitrogen and oxygen atoms in total. The Morgan fingerprint density at radius 1 is 1.20 bits per heavy atom. The van der Waals surface area contributed by atoms with E-state index in [0.29, 0.717) is 12.1 Å². The Morgan fingerprint density at radius 2 is 1.95 bits per heavy atom. The van der Waals surface area contributed by atoms with Gasteiger partial charge in [-0.1, -0.05) is 24.3 Å². The summed E-state index contributed by atoms with van der Waals surface area (Å²) in [5, 5.41) is 0. The van der Waals surface area contributed by atoms with Crippen LogP contribution in [0.15, 0.2) is 24.3 Å². The Bertz CT molecular complexity index is 450. The van der Waals surface area contributed by atoms with Gasteiger partial charge in [0.15, 0.2) is 0 Å². The highest BCUT2D eigenvalue weighted by molar-refractivity contribution is 5.32. The number of aryl methyl sites for hydroxylation is 1. The standard InChI is InChI=1S/C18H28N2/c1-13(2)20(12-14-10-11-14)17-9-5-7-15-6-3-4-8-16(15)18(17)19/h3-4,6,8,13-14,17-18H,5,7,9-12,19H2,1-2H3. The zero-order valence-electron chi connectivity index (χ0n) is 12.9. The average molecular weight is 272 g/mol. The Balaban J connectivity index is 1.84. The van der Waals surface area contributed by atoms with Crippen LogP contribution in [0.2, 0.25) is 0 Å². The van der Waals surface area contributed by atoms with Crippen LogP contribution in [0, 0.1) is 5.92 Å². The minimum Gasteiger partial charge on any atom is -0.323 e. The van der Waals surface area contributed by atoms with Crippen molar-refractivity contribution in [2.75, 3.05) is 6.54 Å². The van der Waals surface area contributed by atoms with Crippen LogP contribution < -0.4 is 5.73 Å². The van der Waals surface area contributed by atoms with Gasteiger partial charge in [-0.05, 0) is 63.0 Å². The summed E-state index contributed by atoms with van der Waals surface area (Å²) >= 11 is 0. The summed E-state index contributed by atoms with van der Waals surface area (Å²) in [6.07, 6.45) is 6.53. The molecule has 1 saturated carbocycles. The van der Waals surface area contributed by atoms with Crippen LogP contribution in [-0.2, 0) is 6.42 Å². The first-order valence-electron chi connectivity index (χ1n) is 8.26. The summed E-state index contributed by atoms with van der Waals surface area (Å²) in [6.45, 7) is 5.90. The van der Waals surface area contributed by atoms with E-state index in [1.165, 1.54) is 49.8 Å². The molecule has 1 fully saturated rings. The van der Waals surface area contributed by atoms with E-state index in [2.05, 4.69) is 43.0 Å². The highest BCUT2D eigenvalue weighted by atomic mass is 15.2. The van der Waals surface area contributed by atoms with Crippen LogP contribution in [0.1, 0.15) is 56.7 Å². The van der Waals surface area contributed by atoms with E-state index in [1.54, 1.807) is 0 Å². The van der Waals surface area contributed by atoms with E-state index >= 15 is 0 Å². The smallest absolute Gasteiger partial charge is 0.0455 e. The molecule has 110 valence electrons. The van der Waals surface area contributed by atoms with E-state index in [9.17, 15) is 0 Å². The lowest BCUT2D eigenvalue weighted by atomic mass is 9.95. The lowest BCUT2D eigenvalue weighted by Gasteiger charge is -2.38. The lowest BCUT2D eigenvalue weighted by Crippen LogP contribution is -2.47. The predicted octanol–water partition coefficient (Wildman–Crippen LogP) is 3.51. The molecule has 0 radical (unpaired) electrons. The molecule has 1 aromatic carbocycles. The monoisotopic (exact) mass is 272 g/mol. The number of nitrogens with zero attached hydrogens (tertiary/aromatic N) is 1. The summed E-state index contributed by atoms with van der Waals surface area (Å²) in [6, 6.07) is 10.1. The van der Waals surface area contributed by atoms with Gasteiger partial charge in [-0.15, -0.1) is 0 Å². The Kier molecular flexibility index (Phi) is 4.13. The normalized spacial score (nSPS) is 26.6. The zero-order chi connectivity index (χ0) is 14.1. The van der Waals surface area contributed by atoms with Gasteiger partial charge in [0.2, 0.25) is 0 Å². The molecular weight excluding hydrogens is 244 g/mol. The SMILES string of the molecule is CC(C)N(CC1CC1)C1CCCc2ccccc2C1N. The summed E-state index contributed by atoms with van der Waals surface area (Å²) in [4.78, 5) is 2.68. The maximum absolute atomic E-state index is 6.68. The van der Waals surface area contributed by atoms with Gasteiger partial charge < -0.3 is 5.73 Å². The van der Waals surface area contributed by atoms with Gasteiger partial charge in [-0.3, -0.25) is 4.90 Å². The van der Waals surface area contributed by atoms with Crippen LogP contribution in [-0.4, -0.2) is 23.5 Å². The van der Waals surface area contributed by atoms with Gasteiger partial charge in [-0.25, -0.2) is 0 Å². The molecule has 2 N–H and O–H groups in total. The van der Waals surface area contributed by atoms with Crippen molar-refractivity contribution in [2.24, 2.45) is 11.7 Å². The molecule has 0 spiro atoms. The molecule has 1 aromatic rings. The van der Waals surface area contributed by atoms with Gasteiger partial charge in [0.05, 0.1) is 0 Å². The van der Waals surface area contributed by atoms with Gasteiger partial charge >= 0.3 is 0 Å². The van der Waals surface area contributed by atoms with Crippen LogP contribution in [0.5, 0.6) is 0 Å². The van der Waals surface area contributed by atoms with E-state index in [-0.39, 0.29) is 6.04 Å². The summed E-state index contributed by atoms with van der Waals surface area (Å²) in [7, 11) is 0. The second-order valence-electron chi connectivity index (χ2n) is 6.92. The molecule has 2 heteroatoms. The molecule has 2 atom stereocenters. The Hall–Kier alpha value is -0.860. The van der Waals surface area contributed by atoms with Gasteiger partial charge in [0.25, 0.3) is 0 Å². The molecule has 0 aromatic heterocycles. The van der Waals surface area contributed by atoms with Crippen molar-refractivity contribution in [3.63, 3.8) is 0 Å². The van der Waals surface area contributed by atoms with Crippen molar-refractivity contribution in [2.45, 2.75) is 64.1 Å². The van der Waals surface area contributed by atoms with E-state index in [1.807, 2.05) is 0 Å². The first-order valence-corrected chi connectivity index (χ1v) is 8.26. The quantitative estimate of drug-likeness (QED) is 0.850. The van der Waals surface area contributed by atoms with Crippen molar-refractivity contribution in [1.29, 1.82) is 0 Å². The first kappa shape index (κ1) is 14.1. The highest BCUT2D eigenvalue weighted by Crippen LogP contribution is 2.35. The summed E-state index contributed by atoms with van der Waals surface area (Å²) < 4.78 is 0. The van der Waals surface area contributed by atoms with Gasteiger partial charge in [-0.2, -0.15) is 0 Å². The highest BCUT2D eigenvalue weighted by Gasteiger charge is 2.34. The van der Waals surface area contributed by atoms with Gasteiger partial charge in [0, 0.05) is 24.7 Å². The maximum atomic E-state index is 6.68. The van der Waals surface area contributed by atoms with Crippen molar-refractivity contribution >= 4 is 0 Å². The molecule has 2 aliphatic carbocycles. The fourth-order valence-corrected chi connectivity index (χ4v) is 3.68. The Labute approximate surface area is 123 Å². The minimum absolute atomic E-state index is 0.176. The predicted molar refractivity (Wildman–Crippen MR) is 84.7 cm³/mol. The van der Waals surface area contributed by atoms with Crippen molar-refractivity contribution in [3.05, 3.63) is 35.4 Å². The second kappa shape index (κ2) is 5.87. The van der Waals surface area contributed by atoms with Crippen molar-refractivity contribution in [1.82, 2.24) is 4.90 Å². The molecular formula is C18H28N2. The van der Waals surface area contributed by atoms with Crippen LogP contribution >= 0.6 is 0 Å². The zero-order valence-corrected chi connectivity index (χ0v) is 12.9. The third-order valence-corrected chi connectivity index (χ3v) is 5.03. The molecule has 0 aliphatic heterocycles. The summed E-state index contributed by atoms with van der Waals surface area (Å²) in [5.74, 6) is 0.933. The number of nitrogens with two attached hydrogens (primary N) is 1. The molecule has 0 saturated heterocycles. The van der Waals surface area contributed by atoms with Crippen LogP contribution in [0.4, 0.5) is 0 Å². The average Bonchev–Trinajstić information content (AvgIpc) is 3.25. The van der Waals surface area contributed by atoms with Crippen molar-refractivity contribution in [3.8, 4) is 0 Å². The van der Waals surface area contributed by atoms with E-state index < -0.39 is 0 Å². The largest absolute Gasteiger partial charge is 0.323 e. The number of benzene rings is 1. The molecule has 0 amide bonds. The van der Waals surface area contributed by atoms with Crippen LogP contribution in [0.3, 0.4) is 0 Å². The second-order valence-corrected chi connectivity index (χ2v) is 6.92. The third kappa shape index (κ3) is 2.91. The molecule has 0 bridgehead atoms. The van der Waals surface area contributed by atoms with E-state index in [0.717, 1.165) is 5.92 Å². The number of fused-ring (bicyclic) bond motifs is 1. The molecule has 20 heavy (non-hydrogen) atoms. The lowest BCUT2D eigenvalue weighted by molar-refractivity contribution is 0.118. The third-order valence-electron chi connectivity index (χ3n) is 5.03. The fourth-order valence-electron chi connectivity index (χ4n) is 3.68. The van der Waals surface area contributed by atoms with Gasteiger partial charge in [0.1, 0.15) is 0 Å². The topological polar surface area (TPSA) is 29.3 Å². The first-order chi connectivity index (χ1) is 9.66. The van der Waals surface area contributed by atoms with Crippen molar-refractivity contribution < 1.29 is 0 Å². The fraction of sp³-hybridized carbons (Fsp3) is 0.667. The Morgan fingerprint density at radius 3 is 2.65 bits per heavy atom. The molecule has 2 unspecified atom stereocenters. The maximum Gasteiger partial charge on any atom is 0.0455 e. The van der Waals surface area contributed by atoms with Crippen LogP contribution in [0.25, 0.3) is 0 Å². The summed E-state index contributed by atoms with van der Waals surface area (Å²) in [5.41, 5.74) is 9.54. The number of hydrogen-bond donors (Lipinski definition) is 1. The molecule has 3 rings (SSSR count). The molecule has 0 heterocycles. The molecule has 2 aliphatic rings. The minimum atomic E-state index is 0.176. The number of rotatable bonds is 4. The van der Waals surface area contributed by atoms with E-state index in [4.69, 9.17) is 5.73 Å². The number of hydrogen-bond acceptors (Lipinski definition) is 2.